The Labute approximate surface area is 127 Å². The first-order chi connectivity index (χ1) is 10.2. The average molecular weight is 281 g/mol. The maximum absolute atomic E-state index is 5.24. The molecule has 2 aromatic carbocycles. The molecular weight excluding hydrogens is 258 g/mol. The van der Waals surface area contributed by atoms with Crippen molar-refractivity contribution in [3.63, 3.8) is 0 Å². The molecule has 1 atom stereocenters. The van der Waals surface area contributed by atoms with Crippen LogP contribution in [0.3, 0.4) is 0 Å². The molecule has 1 N–H and O–H groups in total. The molecule has 0 spiro atoms. The lowest BCUT2D eigenvalue weighted by Crippen LogP contribution is -2.22. The summed E-state index contributed by atoms with van der Waals surface area (Å²) in [4.78, 5) is 0. The Kier molecular flexibility index (Phi) is 5.59. The molecule has 21 heavy (non-hydrogen) atoms. The fourth-order valence-electron chi connectivity index (χ4n) is 2.25. The van der Waals surface area contributed by atoms with Gasteiger partial charge in [-0.15, -0.1) is 0 Å². The highest BCUT2D eigenvalue weighted by Gasteiger charge is 2.12. The quantitative estimate of drug-likeness (QED) is 0.795. The maximum Gasteiger partial charge on any atom is 0.118 e. The molecule has 0 aromatic heterocycles. The molecule has 0 saturated heterocycles. The minimum absolute atomic E-state index is 0.188. The number of nitrogens with one attached hydrogen (secondary N) is 1. The van der Waals surface area contributed by atoms with Gasteiger partial charge in [-0.2, -0.15) is 0 Å². The maximum atomic E-state index is 5.24. The molecule has 0 fully saturated rings. The van der Waals surface area contributed by atoms with Gasteiger partial charge in [-0.05, 0) is 37.1 Å². The highest BCUT2D eigenvalue weighted by Crippen LogP contribution is 2.24. The molecule has 0 aliphatic rings. The van der Waals surface area contributed by atoms with E-state index in [1.54, 1.807) is 7.11 Å². The first kappa shape index (κ1) is 15.3. The van der Waals surface area contributed by atoms with Crippen LogP contribution in [-0.4, -0.2) is 13.7 Å². The lowest BCUT2D eigenvalue weighted by molar-refractivity contribution is 0.414. The van der Waals surface area contributed by atoms with E-state index < -0.39 is 0 Å². The Bertz CT molecular complexity index is 568. The number of hydrogen-bond donors (Lipinski definition) is 1. The van der Waals surface area contributed by atoms with Crippen LogP contribution in [0.2, 0.25) is 0 Å². The molecule has 2 heteroatoms. The van der Waals surface area contributed by atoms with Crippen molar-refractivity contribution in [2.75, 3.05) is 13.7 Å². The van der Waals surface area contributed by atoms with E-state index in [0.717, 1.165) is 12.3 Å². The Morgan fingerprint density at radius 1 is 1.00 bits per heavy atom. The SMILES string of the molecule is COc1ccc(C(NCC=C(C)C)c2ccccc2)cc1. The third kappa shape index (κ3) is 4.47. The summed E-state index contributed by atoms with van der Waals surface area (Å²) < 4.78 is 5.24. The number of benzene rings is 2. The monoisotopic (exact) mass is 281 g/mol. The van der Waals surface area contributed by atoms with E-state index in [1.165, 1.54) is 16.7 Å². The van der Waals surface area contributed by atoms with E-state index in [9.17, 15) is 0 Å². The number of ether oxygens (including phenoxy) is 1. The van der Waals surface area contributed by atoms with Gasteiger partial charge in [0.15, 0.2) is 0 Å². The van der Waals surface area contributed by atoms with Crippen molar-refractivity contribution in [1.82, 2.24) is 5.32 Å². The summed E-state index contributed by atoms with van der Waals surface area (Å²) in [5.41, 5.74) is 3.83. The van der Waals surface area contributed by atoms with Gasteiger partial charge in [-0.3, -0.25) is 0 Å². The fraction of sp³-hybridized carbons (Fsp3) is 0.263. The fourth-order valence-corrected chi connectivity index (χ4v) is 2.25. The van der Waals surface area contributed by atoms with Crippen LogP contribution in [0.15, 0.2) is 66.2 Å². The van der Waals surface area contributed by atoms with Crippen LogP contribution in [0.25, 0.3) is 0 Å². The molecule has 0 amide bonds. The van der Waals surface area contributed by atoms with Gasteiger partial charge in [0.2, 0.25) is 0 Å². The average Bonchev–Trinajstić information content (AvgIpc) is 2.52. The van der Waals surface area contributed by atoms with Crippen molar-refractivity contribution < 1.29 is 4.74 Å². The van der Waals surface area contributed by atoms with Crippen LogP contribution in [0, 0.1) is 0 Å². The molecule has 0 saturated carbocycles. The second-order valence-corrected chi connectivity index (χ2v) is 5.31. The van der Waals surface area contributed by atoms with Crippen LogP contribution < -0.4 is 10.1 Å². The molecule has 0 aliphatic heterocycles. The summed E-state index contributed by atoms with van der Waals surface area (Å²) in [5.74, 6) is 0.884. The zero-order valence-corrected chi connectivity index (χ0v) is 13.0. The second-order valence-electron chi connectivity index (χ2n) is 5.31. The third-order valence-electron chi connectivity index (χ3n) is 3.41. The molecule has 110 valence electrons. The Morgan fingerprint density at radius 3 is 2.19 bits per heavy atom. The predicted molar refractivity (Wildman–Crippen MR) is 88.7 cm³/mol. The van der Waals surface area contributed by atoms with E-state index >= 15 is 0 Å². The van der Waals surface area contributed by atoms with Crippen LogP contribution in [0.1, 0.15) is 31.0 Å². The Morgan fingerprint density at radius 2 is 1.62 bits per heavy atom. The predicted octanol–water partition coefficient (Wildman–Crippen LogP) is 4.34. The zero-order valence-electron chi connectivity index (χ0n) is 13.0. The van der Waals surface area contributed by atoms with E-state index in [1.807, 2.05) is 18.2 Å². The topological polar surface area (TPSA) is 21.3 Å². The number of allylic oxidation sites excluding steroid dienone is 1. The molecule has 0 radical (unpaired) electrons. The van der Waals surface area contributed by atoms with E-state index in [0.29, 0.717) is 0 Å². The first-order valence-corrected chi connectivity index (χ1v) is 7.26. The van der Waals surface area contributed by atoms with E-state index in [2.05, 4.69) is 61.6 Å². The van der Waals surface area contributed by atoms with Gasteiger partial charge in [0, 0.05) is 6.54 Å². The van der Waals surface area contributed by atoms with Gasteiger partial charge in [0.25, 0.3) is 0 Å². The number of rotatable bonds is 6. The van der Waals surface area contributed by atoms with Crippen molar-refractivity contribution >= 4 is 0 Å². The summed E-state index contributed by atoms with van der Waals surface area (Å²) in [5, 5.41) is 3.60. The third-order valence-corrected chi connectivity index (χ3v) is 3.41. The van der Waals surface area contributed by atoms with Gasteiger partial charge < -0.3 is 10.1 Å². The van der Waals surface area contributed by atoms with Crippen molar-refractivity contribution in [2.45, 2.75) is 19.9 Å². The Balaban J connectivity index is 2.24. The molecular formula is C19H23NO. The number of methoxy groups -OCH3 is 1. The minimum Gasteiger partial charge on any atom is -0.497 e. The zero-order chi connectivity index (χ0) is 15.1. The van der Waals surface area contributed by atoms with Crippen LogP contribution in [0.5, 0.6) is 5.75 Å². The minimum atomic E-state index is 0.188. The summed E-state index contributed by atoms with van der Waals surface area (Å²) in [6.07, 6.45) is 2.21. The summed E-state index contributed by atoms with van der Waals surface area (Å²) in [6, 6.07) is 19.0. The molecule has 0 bridgehead atoms. The molecule has 0 heterocycles. The molecule has 2 aromatic rings. The second kappa shape index (κ2) is 7.65. The molecule has 0 aliphatic carbocycles. The number of hydrogen-bond acceptors (Lipinski definition) is 2. The van der Waals surface area contributed by atoms with Gasteiger partial charge in [0.1, 0.15) is 5.75 Å². The van der Waals surface area contributed by atoms with Gasteiger partial charge in [-0.1, -0.05) is 54.1 Å². The summed E-state index contributed by atoms with van der Waals surface area (Å²) in [6.45, 7) is 5.09. The van der Waals surface area contributed by atoms with E-state index in [4.69, 9.17) is 4.74 Å². The molecule has 2 rings (SSSR count). The normalized spacial score (nSPS) is 11.8. The standard InChI is InChI=1S/C19H23NO/c1-15(2)13-14-20-19(16-7-5-4-6-8-16)17-9-11-18(21-3)12-10-17/h4-13,19-20H,14H2,1-3H3. The molecule has 1 unspecified atom stereocenters. The highest BCUT2D eigenvalue weighted by atomic mass is 16.5. The first-order valence-electron chi connectivity index (χ1n) is 7.26. The Hall–Kier alpha value is -2.06. The molecule has 2 nitrogen and oxygen atoms in total. The van der Waals surface area contributed by atoms with Crippen molar-refractivity contribution in [3.8, 4) is 5.75 Å². The van der Waals surface area contributed by atoms with E-state index in [-0.39, 0.29) is 6.04 Å². The van der Waals surface area contributed by atoms with Crippen molar-refractivity contribution in [3.05, 3.63) is 77.4 Å². The van der Waals surface area contributed by atoms with Crippen LogP contribution in [0.4, 0.5) is 0 Å². The van der Waals surface area contributed by atoms with Crippen molar-refractivity contribution in [2.24, 2.45) is 0 Å². The van der Waals surface area contributed by atoms with Gasteiger partial charge >= 0.3 is 0 Å². The van der Waals surface area contributed by atoms with Crippen LogP contribution in [-0.2, 0) is 0 Å². The summed E-state index contributed by atoms with van der Waals surface area (Å²) in [7, 11) is 1.69. The van der Waals surface area contributed by atoms with Crippen molar-refractivity contribution in [1.29, 1.82) is 0 Å². The largest absolute Gasteiger partial charge is 0.497 e. The highest BCUT2D eigenvalue weighted by molar-refractivity contribution is 5.35. The smallest absolute Gasteiger partial charge is 0.118 e. The van der Waals surface area contributed by atoms with Crippen LogP contribution >= 0.6 is 0 Å². The van der Waals surface area contributed by atoms with Gasteiger partial charge in [0.05, 0.1) is 13.2 Å². The van der Waals surface area contributed by atoms with Gasteiger partial charge in [-0.25, -0.2) is 0 Å². The lowest BCUT2D eigenvalue weighted by atomic mass is 9.98. The summed E-state index contributed by atoms with van der Waals surface area (Å²) >= 11 is 0. The lowest BCUT2D eigenvalue weighted by Gasteiger charge is -2.19.